The van der Waals surface area contributed by atoms with Crippen LogP contribution in [0.1, 0.15) is 19.4 Å². The average molecular weight is 352 g/mol. The van der Waals surface area contributed by atoms with Gasteiger partial charge in [0.2, 0.25) is 5.91 Å². The van der Waals surface area contributed by atoms with E-state index in [2.05, 4.69) is 10.0 Å². The summed E-state index contributed by atoms with van der Waals surface area (Å²) in [5, 5.41) is 4.44. The Hall–Kier alpha value is -1.70. The van der Waals surface area contributed by atoms with Crippen molar-refractivity contribution in [3.8, 4) is 0 Å². The number of nitrogens with one attached hydrogen (secondary N) is 2. The highest BCUT2D eigenvalue weighted by atomic mass is 32.2. The molecule has 0 aliphatic carbocycles. The molecule has 0 fully saturated rings. The summed E-state index contributed by atoms with van der Waals surface area (Å²) in [6.07, 6.45) is 0. The number of rotatable bonds is 6. The van der Waals surface area contributed by atoms with E-state index in [0.29, 0.717) is 5.69 Å². The fraction of sp³-hybridized carbons (Fsp3) is 0.312. The zero-order valence-electron chi connectivity index (χ0n) is 13.2. The van der Waals surface area contributed by atoms with Gasteiger partial charge < -0.3 is 5.32 Å². The summed E-state index contributed by atoms with van der Waals surface area (Å²) in [7, 11) is -3.70. The second kappa shape index (κ2) is 7.25. The van der Waals surface area contributed by atoms with Gasteiger partial charge in [0.15, 0.2) is 0 Å². The van der Waals surface area contributed by atoms with Gasteiger partial charge in [0.1, 0.15) is 10.3 Å². The summed E-state index contributed by atoms with van der Waals surface area (Å²) in [5.74, 6) is -0.556. The summed E-state index contributed by atoms with van der Waals surface area (Å²) >= 11 is 1.12. The molecule has 2 N–H and O–H groups in total. The van der Waals surface area contributed by atoms with Gasteiger partial charge in [-0.05, 0) is 36.4 Å². The smallest absolute Gasteiger partial charge is 0.250 e. The third kappa shape index (κ3) is 4.63. The van der Waals surface area contributed by atoms with E-state index in [9.17, 15) is 13.2 Å². The van der Waals surface area contributed by atoms with Crippen LogP contribution < -0.4 is 10.0 Å². The molecule has 0 radical (unpaired) electrons. The predicted molar refractivity (Wildman–Crippen MR) is 93.1 cm³/mol. The Balaban J connectivity index is 2.15. The molecule has 23 heavy (non-hydrogen) atoms. The lowest BCUT2D eigenvalue weighted by molar-refractivity contribution is -0.118. The number of carbonyl (C=O) groups is 1. The lowest BCUT2D eigenvalue weighted by atomic mass is 10.0. The molecule has 0 saturated carbocycles. The predicted octanol–water partition coefficient (Wildman–Crippen LogP) is 3.00. The van der Waals surface area contributed by atoms with Crippen LogP contribution in [0.25, 0.3) is 0 Å². The Morgan fingerprint density at radius 1 is 1.13 bits per heavy atom. The standard InChI is InChI=1S/C16H20N2O3S2/c1-11(2)15(18-23(20,21)14-5-4-10-22-14)16(19)17-13-8-6-12(3)7-9-13/h4-11,15,18H,1-3H3,(H,17,19). The SMILES string of the molecule is Cc1ccc(NC(=O)C(NS(=O)(=O)c2cccs2)C(C)C)cc1. The first-order chi connectivity index (χ1) is 10.8. The van der Waals surface area contributed by atoms with Gasteiger partial charge >= 0.3 is 0 Å². The van der Waals surface area contributed by atoms with E-state index in [-0.39, 0.29) is 16.0 Å². The Morgan fingerprint density at radius 2 is 1.78 bits per heavy atom. The molecule has 1 atom stereocenters. The van der Waals surface area contributed by atoms with Crippen molar-refractivity contribution in [3.05, 3.63) is 47.3 Å². The highest BCUT2D eigenvalue weighted by Gasteiger charge is 2.28. The zero-order valence-corrected chi connectivity index (χ0v) is 14.9. The Morgan fingerprint density at radius 3 is 2.30 bits per heavy atom. The number of anilines is 1. The van der Waals surface area contributed by atoms with Gasteiger partial charge in [-0.1, -0.05) is 37.6 Å². The number of aryl methyl sites for hydroxylation is 1. The minimum Gasteiger partial charge on any atom is -0.325 e. The van der Waals surface area contributed by atoms with E-state index in [0.717, 1.165) is 16.9 Å². The molecular weight excluding hydrogens is 332 g/mol. The first-order valence-electron chi connectivity index (χ1n) is 7.23. The van der Waals surface area contributed by atoms with Crippen LogP contribution in [0, 0.1) is 12.8 Å². The molecule has 7 heteroatoms. The van der Waals surface area contributed by atoms with Crippen LogP contribution in [0.5, 0.6) is 0 Å². The first kappa shape index (κ1) is 17.7. The van der Waals surface area contributed by atoms with Crippen LogP contribution in [0.4, 0.5) is 5.69 Å². The van der Waals surface area contributed by atoms with Gasteiger partial charge in [-0.15, -0.1) is 11.3 Å². The molecule has 2 rings (SSSR count). The summed E-state index contributed by atoms with van der Waals surface area (Å²) < 4.78 is 27.4. The van der Waals surface area contributed by atoms with Crippen LogP contribution in [-0.4, -0.2) is 20.4 Å². The maximum atomic E-state index is 12.5. The average Bonchev–Trinajstić information content (AvgIpc) is 3.02. The molecular formula is C16H20N2O3S2. The molecule has 2 aromatic rings. The quantitative estimate of drug-likeness (QED) is 0.839. The highest BCUT2D eigenvalue weighted by molar-refractivity contribution is 7.91. The van der Waals surface area contributed by atoms with Crippen molar-refractivity contribution in [2.75, 3.05) is 5.32 Å². The first-order valence-corrected chi connectivity index (χ1v) is 9.59. The highest BCUT2D eigenvalue weighted by Crippen LogP contribution is 2.18. The molecule has 1 aromatic carbocycles. The van der Waals surface area contributed by atoms with Crippen molar-refractivity contribution in [1.82, 2.24) is 4.72 Å². The van der Waals surface area contributed by atoms with E-state index < -0.39 is 16.1 Å². The summed E-state index contributed by atoms with van der Waals surface area (Å²) in [6, 6.07) is 9.68. The number of benzene rings is 1. The van der Waals surface area contributed by atoms with Crippen LogP contribution in [0.2, 0.25) is 0 Å². The summed E-state index contributed by atoms with van der Waals surface area (Å²) in [4.78, 5) is 12.5. The van der Waals surface area contributed by atoms with Gasteiger partial charge in [-0.25, -0.2) is 8.42 Å². The zero-order chi connectivity index (χ0) is 17.0. The normalized spacial score (nSPS) is 13.0. The maximum Gasteiger partial charge on any atom is 0.250 e. The number of thiophene rings is 1. The molecule has 0 saturated heterocycles. The van der Waals surface area contributed by atoms with Crippen molar-refractivity contribution in [1.29, 1.82) is 0 Å². The number of hydrogen-bond acceptors (Lipinski definition) is 4. The maximum absolute atomic E-state index is 12.5. The van der Waals surface area contributed by atoms with E-state index in [1.165, 1.54) is 6.07 Å². The molecule has 1 aromatic heterocycles. The van der Waals surface area contributed by atoms with E-state index in [1.54, 1.807) is 37.4 Å². The monoisotopic (exact) mass is 352 g/mol. The minimum atomic E-state index is -3.70. The number of carbonyl (C=O) groups excluding carboxylic acids is 1. The molecule has 0 spiro atoms. The molecule has 1 amide bonds. The summed E-state index contributed by atoms with van der Waals surface area (Å²) in [6.45, 7) is 5.56. The van der Waals surface area contributed by atoms with Gasteiger partial charge in [-0.3, -0.25) is 4.79 Å². The largest absolute Gasteiger partial charge is 0.325 e. The molecule has 1 unspecified atom stereocenters. The third-order valence-electron chi connectivity index (χ3n) is 3.31. The second-order valence-corrected chi connectivity index (χ2v) is 8.52. The fourth-order valence-electron chi connectivity index (χ4n) is 1.99. The van der Waals surface area contributed by atoms with Crippen LogP contribution in [-0.2, 0) is 14.8 Å². The van der Waals surface area contributed by atoms with Crippen molar-refractivity contribution >= 4 is 33.0 Å². The second-order valence-electron chi connectivity index (χ2n) is 5.63. The molecule has 0 aliphatic heterocycles. The Kier molecular flexibility index (Phi) is 5.56. The number of amides is 1. The van der Waals surface area contributed by atoms with Crippen LogP contribution >= 0.6 is 11.3 Å². The van der Waals surface area contributed by atoms with Crippen LogP contribution in [0.15, 0.2) is 46.0 Å². The topological polar surface area (TPSA) is 75.3 Å². The van der Waals surface area contributed by atoms with Crippen molar-refractivity contribution in [2.45, 2.75) is 31.0 Å². The van der Waals surface area contributed by atoms with Gasteiger partial charge in [0.25, 0.3) is 10.0 Å². The van der Waals surface area contributed by atoms with Crippen molar-refractivity contribution in [3.63, 3.8) is 0 Å². The van der Waals surface area contributed by atoms with Gasteiger partial charge in [0.05, 0.1) is 0 Å². The minimum absolute atomic E-state index is 0.185. The fourth-order valence-corrected chi connectivity index (χ4v) is 4.34. The molecule has 0 aliphatic rings. The molecule has 124 valence electrons. The molecule has 0 bridgehead atoms. The van der Waals surface area contributed by atoms with Crippen molar-refractivity contribution in [2.24, 2.45) is 5.92 Å². The number of hydrogen-bond donors (Lipinski definition) is 2. The van der Waals surface area contributed by atoms with Gasteiger partial charge in [-0.2, -0.15) is 4.72 Å². The Labute approximate surface area is 140 Å². The van der Waals surface area contributed by atoms with E-state index in [4.69, 9.17) is 0 Å². The third-order valence-corrected chi connectivity index (χ3v) is 6.15. The lowest BCUT2D eigenvalue weighted by Crippen LogP contribution is -2.46. The molecule has 1 heterocycles. The number of sulfonamides is 1. The van der Waals surface area contributed by atoms with E-state index in [1.807, 2.05) is 19.1 Å². The Bertz CT molecular complexity index is 751. The summed E-state index contributed by atoms with van der Waals surface area (Å²) in [5.41, 5.74) is 1.73. The van der Waals surface area contributed by atoms with Crippen molar-refractivity contribution < 1.29 is 13.2 Å². The molecule has 5 nitrogen and oxygen atoms in total. The lowest BCUT2D eigenvalue weighted by Gasteiger charge is -2.21. The van der Waals surface area contributed by atoms with Gasteiger partial charge in [0, 0.05) is 5.69 Å². The van der Waals surface area contributed by atoms with Crippen LogP contribution in [0.3, 0.4) is 0 Å². The van der Waals surface area contributed by atoms with E-state index >= 15 is 0 Å².